The Morgan fingerprint density at radius 1 is 1.61 bits per heavy atom. The zero-order chi connectivity index (χ0) is 13.5. The Hall–Kier alpha value is -2.32. The first-order valence-electron chi connectivity index (χ1n) is 5.40. The van der Waals surface area contributed by atoms with Gasteiger partial charge in [0.15, 0.2) is 0 Å². The van der Waals surface area contributed by atoms with E-state index in [1.807, 2.05) is 0 Å². The van der Waals surface area contributed by atoms with Crippen LogP contribution in [0.15, 0.2) is 29.8 Å². The number of carbonyl (C=O) groups is 1. The van der Waals surface area contributed by atoms with Crippen LogP contribution >= 0.6 is 0 Å². The van der Waals surface area contributed by atoms with Gasteiger partial charge in [-0.05, 0) is 30.7 Å². The van der Waals surface area contributed by atoms with Crippen molar-refractivity contribution in [3.8, 4) is 11.8 Å². The Labute approximate surface area is 105 Å². The molecule has 0 saturated carbocycles. The lowest BCUT2D eigenvalue weighted by Crippen LogP contribution is -2.31. The SMILES string of the molecule is CC(O)CNC(=O)/C(C#N)=C/c1cccc(O)c1. The summed E-state index contributed by atoms with van der Waals surface area (Å²) in [6.07, 6.45) is 0.701. The summed E-state index contributed by atoms with van der Waals surface area (Å²) < 4.78 is 0. The summed E-state index contributed by atoms with van der Waals surface area (Å²) in [6.45, 7) is 1.61. The van der Waals surface area contributed by atoms with E-state index in [0.717, 1.165) is 0 Å². The summed E-state index contributed by atoms with van der Waals surface area (Å²) in [6, 6.07) is 8.00. The van der Waals surface area contributed by atoms with Crippen molar-refractivity contribution in [3.05, 3.63) is 35.4 Å². The molecule has 0 radical (unpaired) electrons. The molecule has 1 aromatic rings. The molecular formula is C13H14N2O3. The Morgan fingerprint density at radius 3 is 2.89 bits per heavy atom. The molecule has 3 N–H and O–H groups in total. The third-order valence-electron chi connectivity index (χ3n) is 2.10. The van der Waals surface area contributed by atoms with Crippen LogP contribution in [0.2, 0.25) is 0 Å². The Balaban J connectivity index is 2.83. The van der Waals surface area contributed by atoms with Crippen LogP contribution in [0.3, 0.4) is 0 Å². The number of hydrogen-bond acceptors (Lipinski definition) is 4. The first-order valence-corrected chi connectivity index (χ1v) is 5.40. The Bertz CT molecular complexity index is 501. The number of amides is 1. The maximum atomic E-state index is 11.6. The fourth-order valence-electron chi connectivity index (χ4n) is 1.27. The molecule has 1 unspecified atom stereocenters. The predicted octanol–water partition coefficient (Wildman–Crippen LogP) is 0.796. The maximum absolute atomic E-state index is 11.6. The second-order valence-corrected chi connectivity index (χ2v) is 3.82. The molecular weight excluding hydrogens is 232 g/mol. The largest absolute Gasteiger partial charge is 0.508 e. The van der Waals surface area contributed by atoms with Gasteiger partial charge in [-0.3, -0.25) is 4.79 Å². The maximum Gasteiger partial charge on any atom is 0.262 e. The van der Waals surface area contributed by atoms with Crippen molar-refractivity contribution in [1.29, 1.82) is 5.26 Å². The van der Waals surface area contributed by atoms with E-state index in [4.69, 9.17) is 10.4 Å². The van der Waals surface area contributed by atoms with Gasteiger partial charge in [0.2, 0.25) is 0 Å². The average molecular weight is 246 g/mol. The number of phenolic OH excluding ortho intramolecular Hbond substituents is 1. The fourth-order valence-corrected chi connectivity index (χ4v) is 1.27. The van der Waals surface area contributed by atoms with Gasteiger partial charge in [0.05, 0.1) is 6.10 Å². The number of hydrogen-bond donors (Lipinski definition) is 3. The van der Waals surface area contributed by atoms with Crippen LogP contribution in [0.4, 0.5) is 0 Å². The van der Waals surface area contributed by atoms with Gasteiger partial charge in [0, 0.05) is 6.54 Å². The molecule has 5 heteroatoms. The van der Waals surface area contributed by atoms with E-state index < -0.39 is 12.0 Å². The van der Waals surface area contributed by atoms with Gasteiger partial charge < -0.3 is 15.5 Å². The van der Waals surface area contributed by atoms with Crippen molar-refractivity contribution in [2.45, 2.75) is 13.0 Å². The summed E-state index contributed by atoms with van der Waals surface area (Å²) in [4.78, 5) is 11.6. The van der Waals surface area contributed by atoms with Crippen LogP contribution in [0.1, 0.15) is 12.5 Å². The molecule has 5 nitrogen and oxygen atoms in total. The highest BCUT2D eigenvalue weighted by atomic mass is 16.3. The molecule has 0 spiro atoms. The first kappa shape index (κ1) is 13.7. The van der Waals surface area contributed by atoms with E-state index in [-0.39, 0.29) is 17.9 Å². The zero-order valence-corrected chi connectivity index (χ0v) is 9.92. The molecule has 1 aromatic carbocycles. The molecule has 0 aliphatic heterocycles. The molecule has 94 valence electrons. The highest BCUT2D eigenvalue weighted by Crippen LogP contribution is 2.13. The van der Waals surface area contributed by atoms with Gasteiger partial charge in [0.25, 0.3) is 5.91 Å². The number of carbonyl (C=O) groups excluding carboxylic acids is 1. The fraction of sp³-hybridized carbons (Fsp3) is 0.231. The minimum atomic E-state index is -0.672. The Kier molecular flexibility index (Phi) is 4.90. The molecule has 18 heavy (non-hydrogen) atoms. The molecule has 0 bridgehead atoms. The van der Waals surface area contributed by atoms with E-state index >= 15 is 0 Å². The molecule has 0 aromatic heterocycles. The van der Waals surface area contributed by atoms with E-state index in [2.05, 4.69) is 5.32 Å². The van der Waals surface area contributed by atoms with E-state index in [9.17, 15) is 9.90 Å². The molecule has 1 rings (SSSR count). The van der Waals surface area contributed by atoms with Crippen LogP contribution < -0.4 is 5.32 Å². The second kappa shape index (κ2) is 6.42. The van der Waals surface area contributed by atoms with Crippen LogP contribution in [0, 0.1) is 11.3 Å². The lowest BCUT2D eigenvalue weighted by molar-refractivity contribution is -0.117. The molecule has 1 atom stereocenters. The third-order valence-corrected chi connectivity index (χ3v) is 2.10. The number of aliphatic hydroxyl groups excluding tert-OH is 1. The lowest BCUT2D eigenvalue weighted by Gasteiger charge is -2.06. The van der Waals surface area contributed by atoms with Crippen molar-refractivity contribution < 1.29 is 15.0 Å². The van der Waals surface area contributed by atoms with E-state index in [0.29, 0.717) is 5.56 Å². The van der Waals surface area contributed by atoms with Crippen molar-refractivity contribution in [2.75, 3.05) is 6.54 Å². The lowest BCUT2D eigenvalue weighted by atomic mass is 10.1. The highest BCUT2D eigenvalue weighted by Gasteiger charge is 2.09. The zero-order valence-electron chi connectivity index (χ0n) is 9.92. The second-order valence-electron chi connectivity index (χ2n) is 3.82. The number of nitrogens with zero attached hydrogens (tertiary/aromatic N) is 1. The molecule has 0 aliphatic carbocycles. The molecule has 0 saturated heterocycles. The van der Waals surface area contributed by atoms with Gasteiger partial charge in [-0.15, -0.1) is 0 Å². The van der Waals surface area contributed by atoms with Crippen LogP contribution in [0.5, 0.6) is 5.75 Å². The Morgan fingerprint density at radius 2 is 2.33 bits per heavy atom. The summed E-state index contributed by atoms with van der Waals surface area (Å²) in [5, 5.41) is 29.6. The van der Waals surface area contributed by atoms with Crippen molar-refractivity contribution >= 4 is 12.0 Å². The normalized spacial score (nSPS) is 12.6. The van der Waals surface area contributed by atoms with Crippen molar-refractivity contribution in [1.82, 2.24) is 5.32 Å². The summed E-state index contributed by atoms with van der Waals surface area (Å²) >= 11 is 0. The summed E-state index contributed by atoms with van der Waals surface area (Å²) in [5.41, 5.74) is 0.472. The number of phenols is 1. The van der Waals surface area contributed by atoms with Crippen LogP contribution in [0.25, 0.3) is 6.08 Å². The van der Waals surface area contributed by atoms with E-state index in [1.165, 1.54) is 25.1 Å². The quantitative estimate of drug-likeness (QED) is 0.541. The van der Waals surface area contributed by atoms with Crippen molar-refractivity contribution in [3.63, 3.8) is 0 Å². The van der Waals surface area contributed by atoms with E-state index in [1.54, 1.807) is 18.2 Å². The molecule has 0 fully saturated rings. The highest BCUT2D eigenvalue weighted by molar-refractivity contribution is 6.01. The minimum absolute atomic E-state index is 0.0606. The van der Waals surface area contributed by atoms with Gasteiger partial charge in [-0.1, -0.05) is 12.1 Å². The molecule has 0 heterocycles. The number of rotatable bonds is 4. The monoisotopic (exact) mass is 246 g/mol. The third kappa shape index (κ3) is 4.28. The van der Waals surface area contributed by atoms with Crippen LogP contribution in [-0.4, -0.2) is 28.8 Å². The van der Waals surface area contributed by atoms with Crippen molar-refractivity contribution in [2.24, 2.45) is 0 Å². The number of nitrogens with one attached hydrogen (secondary N) is 1. The summed E-state index contributed by atoms with van der Waals surface area (Å²) in [5.74, 6) is -0.493. The topological polar surface area (TPSA) is 93.4 Å². The number of benzene rings is 1. The minimum Gasteiger partial charge on any atom is -0.508 e. The van der Waals surface area contributed by atoms with Crippen LogP contribution in [-0.2, 0) is 4.79 Å². The predicted molar refractivity (Wildman–Crippen MR) is 66.4 cm³/mol. The average Bonchev–Trinajstić information content (AvgIpc) is 2.33. The first-order chi connectivity index (χ1) is 8.52. The standard InChI is InChI=1S/C13H14N2O3/c1-9(16)8-15-13(18)11(7-14)5-10-3-2-4-12(17)6-10/h2-6,9,16-17H,8H2,1H3,(H,15,18)/b11-5+. The molecule has 0 aliphatic rings. The molecule has 1 amide bonds. The van der Waals surface area contributed by atoms with Gasteiger partial charge in [-0.2, -0.15) is 5.26 Å². The number of aliphatic hydroxyl groups is 1. The van der Waals surface area contributed by atoms with Gasteiger partial charge in [-0.25, -0.2) is 0 Å². The van der Waals surface area contributed by atoms with Gasteiger partial charge in [0.1, 0.15) is 17.4 Å². The van der Waals surface area contributed by atoms with Gasteiger partial charge >= 0.3 is 0 Å². The smallest absolute Gasteiger partial charge is 0.262 e. The number of aromatic hydroxyl groups is 1. The summed E-state index contributed by atoms with van der Waals surface area (Å²) in [7, 11) is 0. The number of nitriles is 1.